The Kier molecular flexibility index (Phi) is 5.72. The summed E-state index contributed by atoms with van der Waals surface area (Å²) in [6.45, 7) is 0. The van der Waals surface area contributed by atoms with E-state index in [1.807, 2.05) is 30.3 Å². The van der Waals surface area contributed by atoms with Crippen LogP contribution in [0, 0.1) is 0 Å². The van der Waals surface area contributed by atoms with Crippen LogP contribution in [0.4, 0.5) is 0 Å². The van der Waals surface area contributed by atoms with Crippen LogP contribution in [0.25, 0.3) is 0 Å². The summed E-state index contributed by atoms with van der Waals surface area (Å²) in [6, 6.07) is 15.9. The largest absolute Gasteiger partial charge is 2.00 e. The van der Waals surface area contributed by atoms with E-state index >= 15 is 0 Å². The Labute approximate surface area is 125 Å². The SMILES string of the molecule is O=C(Sc1ccccc1)c1ccccc1O.[Hg+2]. The molecule has 17 heavy (non-hydrogen) atoms. The van der Waals surface area contributed by atoms with Crippen molar-refractivity contribution in [2.75, 3.05) is 0 Å². The van der Waals surface area contributed by atoms with Gasteiger partial charge in [-0.05, 0) is 36.0 Å². The van der Waals surface area contributed by atoms with Crippen LogP contribution >= 0.6 is 11.8 Å². The van der Waals surface area contributed by atoms with Gasteiger partial charge in [0.1, 0.15) is 5.75 Å². The monoisotopic (exact) mass is 432 g/mol. The van der Waals surface area contributed by atoms with Crippen LogP contribution in [0.5, 0.6) is 5.75 Å². The molecule has 0 unspecified atom stereocenters. The first-order chi connectivity index (χ1) is 7.77. The standard InChI is InChI=1S/C13H10O2S.Hg/c14-12-9-5-4-8-11(12)13(15)16-10-6-2-1-3-7-10;/h1-9,14H;/q;+2. The number of carbonyl (C=O) groups is 1. The summed E-state index contributed by atoms with van der Waals surface area (Å²) in [5, 5.41) is 9.38. The molecule has 4 heteroatoms. The maximum absolute atomic E-state index is 11.8. The van der Waals surface area contributed by atoms with Gasteiger partial charge in [-0.3, -0.25) is 4.79 Å². The topological polar surface area (TPSA) is 37.3 Å². The minimum Gasteiger partial charge on any atom is -0.507 e. The van der Waals surface area contributed by atoms with Crippen molar-refractivity contribution in [2.45, 2.75) is 4.90 Å². The number of para-hydroxylation sites is 1. The van der Waals surface area contributed by atoms with E-state index in [0.717, 1.165) is 16.7 Å². The maximum atomic E-state index is 11.8. The second-order valence-electron chi connectivity index (χ2n) is 3.22. The number of phenolic OH excluding ortho intramolecular Hbond substituents is 1. The minimum atomic E-state index is -0.149. The fourth-order valence-electron chi connectivity index (χ4n) is 1.30. The van der Waals surface area contributed by atoms with E-state index in [9.17, 15) is 9.90 Å². The van der Waals surface area contributed by atoms with Crippen molar-refractivity contribution in [2.24, 2.45) is 0 Å². The molecule has 0 amide bonds. The number of phenols is 1. The average Bonchev–Trinajstić information content (AvgIpc) is 2.31. The van der Waals surface area contributed by atoms with Gasteiger partial charge in [-0.15, -0.1) is 0 Å². The molecule has 0 bridgehead atoms. The Balaban J connectivity index is 0.00000144. The van der Waals surface area contributed by atoms with Crippen LogP contribution in [-0.2, 0) is 27.7 Å². The van der Waals surface area contributed by atoms with Gasteiger partial charge in [0, 0.05) is 4.90 Å². The van der Waals surface area contributed by atoms with Gasteiger partial charge in [-0.2, -0.15) is 0 Å². The smallest absolute Gasteiger partial charge is 0.507 e. The molecule has 0 aromatic heterocycles. The van der Waals surface area contributed by atoms with E-state index in [1.165, 1.54) is 6.07 Å². The summed E-state index contributed by atoms with van der Waals surface area (Å²) >= 11 is 1.11. The van der Waals surface area contributed by atoms with Crippen molar-refractivity contribution in [3.05, 3.63) is 60.2 Å². The Morgan fingerprint density at radius 3 is 2.18 bits per heavy atom. The third-order valence-electron chi connectivity index (χ3n) is 2.08. The molecule has 0 saturated heterocycles. The van der Waals surface area contributed by atoms with Crippen LogP contribution in [-0.4, -0.2) is 10.2 Å². The van der Waals surface area contributed by atoms with Crippen molar-refractivity contribution in [3.63, 3.8) is 0 Å². The zero-order valence-corrected chi connectivity index (χ0v) is 15.5. The van der Waals surface area contributed by atoms with E-state index in [4.69, 9.17) is 0 Å². The zero-order chi connectivity index (χ0) is 11.4. The Morgan fingerprint density at radius 2 is 1.53 bits per heavy atom. The molecule has 2 nitrogen and oxygen atoms in total. The minimum absolute atomic E-state index is 0. The van der Waals surface area contributed by atoms with E-state index in [2.05, 4.69) is 0 Å². The number of benzene rings is 2. The molecule has 0 spiro atoms. The van der Waals surface area contributed by atoms with E-state index in [-0.39, 0.29) is 38.5 Å². The molecule has 1 N–H and O–H groups in total. The fraction of sp³-hybridized carbons (Fsp3) is 0. The Hall–Kier alpha value is -0.805. The number of hydrogen-bond donors (Lipinski definition) is 1. The van der Waals surface area contributed by atoms with Gasteiger partial charge >= 0.3 is 27.7 Å². The zero-order valence-electron chi connectivity index (χ0n) is 9.17. The fourth-order valence-corrected chi connectivity index (χ4v) is 2.09. The summed E-state index contributed by atoms with van der Waals surface area (Å²) in [6.07, 6.45) is 0. The summed E-state index contributed by atoms with van der Waals surface area (Å²) in [4.78, 5) is 12.7. The first-order valence-electron chi connectivity index (χ1n) is 4.82. The first kappa shape index (κ1) is 14.3. The van der Waals surface area contributed by atoms with Crippen LogP contribution in [0.15, 0.2) is 59.5 Å². The number of rotatable bonds is 2. The molecule has 0 heterocycles. The predicted molar refractivity (Wildman–Crippen MR) is 64.7 cm³/mol. The summed E-state index contributed by atoms with van der Waals surface area (Å²) < 4.78 is 0. The second-order valence-corrected chi connectivity index (χ2v) is 4.27. The molecule has 2 rings (SSSR count). The van der Waals surface area contributed by atoms with Gasteiger partial charge in [0.2, 0.25) is 5.12 Å². The molecule has 80 valence electrons. The van der Waals surface area contributed by atoms with E-state index in [1.54, 1.807) is 18.2 Å². The van der Waals surface area contributed by atoms with Crippen LogP contribution in [0.3, 0.4) is 0 Å². The molecule has 0 aliphatic heterocycles. The molecular formula is C13H10HgO2S+2. The van der Waals surface area contributed by atoms with Gasteiger partial charge < -0.3 is 5.11 Å². The molecule has 2 aromatic rings. The molecule has 0 fully saturated rings. The van der Waals surface area contributed by atoms with E-state index in [0.29, 0.717) is 5.56 Å². The van der Waals surface area contributed by atoms with Crippen LogP contribution < -0.4 is 0 Å². The number of aromatic hydroxyl groups is 1. The van der Waals surface area contributed by atoms with Crippen LogP contribution in [0.2, 0.25) is 0 Å². The summed E-state index contributed by atoms with van der Waals surface area (Å²) in [7, 11) is 0. The van der Waals surface area contributed by atoms with Gasteiger partial charge in [0.25, 0.3) is 0 Å². The Bertz CT molecular complexity index is 500. The Morgan fingerprint density at radius 1 is 0.941 bits per heavy atom. The van der Waals surface area contributed by atoms with Gasteiger partial charge in [-0.1, -0.05) is 30.3 Å². The molecule has 2 aromatic carbocycles. The normalized spacial score (nSPS) is 9.41. The second kappa shape index (κ2) is 6.82. The van der Waals surface area contributed by atoms with Crippen LogP contribution in [0.1, 0.15) is 10.4 Å². The summed E-state index contributed by atoms with van der Waals surface area (Å²) in [5.74, 6) is 0.0240. The number of hydrogen-bond acceptors (Lipinski definition) is 3. The number of carbonyl (C=O) groups excluding carboxylic acids is 1. The quantitative estimate of drug-likeness (QED) is 0.586. The molecular weight excluding hydrogens is 421 g/mol. The van der Waals surface area contributed by atoms with Crippen molar-refractivity contribution in [1.82, 2.24) is 0 Å². The number of thioether (sulfide) groups is 1. The maximum Gasteiger partial charge on any atom is 2.00 e. The molecule has 0 aliphatic carbocycles. The predicted octanol–water partition coefficient (Wildman–Crippen LogP) is 3.32. The summed E-state index contributed by atoms with van der Waals surface area (Å²) in [5.41, 5.74) is 0.344. The van der Waals surface area contributed by atoms with Crippen molar-refractivity contribution in [1.29, 1.82) is 0 Å². The molecule has 0 aliphatic rings. The van der Waals surface area contributed by atoms with Crippen molar-refractivity contribution < 1.29 is 37.6 Å². The van der Waals surface area contributed by atoms with Crippen molar-refractivity contribution >= 4 is 16.9 Å². The first-order valence-corrected chi connectivity index (χ1v) is 5.64. The molecule has 0 radical (unpaired) electrons. The van der Waals surface area contributed by atoms with Gasteiger partial charge in [0.05, 0.1) is 5.56 Å². The third kappa shape index (κ3) is 3.86. The third-order valence-corrected chi connectivity index (χ3v) is 2.99. The van der Waals surface area contributed by atoms with Crippen molar-refractivity contribution in [3.8, 4) is 5.75 Å². The van der Waals surface area contributed by atoms with E-state index < -0.39 is 0 Å². The van der Waals surface area contributed by atoms with Gasteiger partial charge in [-0.25, -0.2) is 0 Å². The average molecular weight is 431 g/mol. The molecule has 0 saturated carbocycles. The van der Waals surface area contributed by atoms with Gasteiger partial charge in [0.15, 0.2) is 0 Å². The molecule has 0 atom stereocenters.